The first-order chi connectivity index (χ1) is 4.84. The molecule has 1 aromatic carbocycles. The number of alkyl halides is 1. The molecule has 0 spiro atoms. The number of hydrogen-bond donors (Lipinski definition) is 1. The van der Waals surface area contributed by atoms with E-state index in [0.29, 0.717) is 5.56 Å². The Morgan fingerprint density at radius 3 is 2.40 bits per heavy atom. The lowest BCUT2D eigenvalue weighted by molar-refractivity contribution is 0.353. The Bertz CT molecular complexity index is 186. The average Bonchev–Trinajstić information content (AvgIpc) is 2.05. The molecule has 0 fully saturated rings. The Morgan fingerprint density at radius 1 is 1.30 bits per heavy atom. The van der Waals surface area contributed by atoms with Crippen molar-refractivity contribution in [1.29, 1.82) is 0 Å². The highest BCUT2D eigenvalue weighted by Crippen LogP contribution is 2.13. The van der Waals surface area contributed by atoms with Crippen LogP contribution in [0.3, 0.4) is 0 Å². The molecule has 0 bridgehead atoms. The standard InChI is InChI=1S/C8H10FN/c9-8(6-10)7-4-2-1-3-5-7/h1-5,8H,6,10H2. The third-order valence-corrected chi connectivity index (χ3v) is 1.37. The topological polar surface area (TPSA) is 26.0 Å². The smallest absolute Gasteiger partial charge is 0.137 e. The van der Waals surface area contributed by atoms with Gasteiger partial charge in [-0.25, -0.2) is 4.39 Å². The van der Waals surface area contributed by atoms with Crippen LogP contribution in [0.1, 0.15) is 11.7 Å². The fourth-order valence-electron chi connectivity index (χ4n) is 0.798. The Morgan fingerprint density at radius 2 is 1.90 bits per heavy atom. The lowest BCUT2D eigenvalue weighted by Gasteiger charge is -2.02. The summed E-state index contributed by atoms with van der Waals surface area (Å²) in [5.74, 6) is 0. The minimum Gasteiger partial charge on any atom is -0.327 e. The third kappa shape index (κ3) is 1.54. The lowest BCUT2D eigenvalue weighted by Crippen LogP contribution is -2.07. The summed E-state index contributed by atoms with van der Waals surface area (Å²) < 4.78 is 12.7. The molecule has 1 rings (SSSR count). The van der Waals surface area contributed by atoms with Crippen molar-refractivity contribution in [2.75, 3.05) is 6.54 Å². The fourth-order valence-corrected chi connectivity index (χ4v) is 0.798. The normalized spacial score (nSPS) is 13.0. The van der Waals surface area contributed by atoms with Crippen molar-refractivity contribution < 1.29 is 4.39 Å². The first kappa shape index (κ1) is 7.22. The predicted molar refractivity (Wildman–Crippen MR) is 39.3 cm³/mol. The van der Waals surface area contributed by atoms with Gasteiger partial charge in [-0.1, -0.05) is 30.3 Å². The number of nitrogens with two attached hydrogens (primary N) is 1. The predicted octanol–water partition coefficient (Wildman–Crippen LogP) is 1.66. The summed E-state index contributed by atoms with van der Waals surface area (Å²) in [5.41, 5.74) is 5.79. The van der Waals surface area contributed by atoms with Crippen LogP contribution in [0.25, 0.3) is 0 Å². The van der Waals surface area contributed by atoms with Crippen molar-refractivity contribution >= 4 is 0 Å². The van der Waals surface area contributed by atoms with Crippen molar-refractivity contribution in [1.82, 2.24) is 0 Å². The van der Waals surface area contributed by atoms with Crippen molar-refractivity contribution in [3.8, 4) is 0 Å². The molecule has 0 aliphatic heterocycles. The van der Waals surface area contributed by atoms with E-state index in [4.69, 9.17) is 5.73 Å². The van der Waals surface area contributed by atoms with Crippen molar-refractivity contribution in [3.63, 3.8) is 0 Å². The van der Waals surface area contributed by atoms with E-state index < -0.39 is 6.17 Å². The molecule has 1 aromatic rings. The lowest BCUT2D eigenvalue weighted by atomic mass is 10.1. The molecule has 1 nitrogen and oxygen atoms in total. The number of rotatable bonds is 2. The quantitative estimate of drug-likeness (QED) is 0.662. The maximum Gasteiger partial charge on any atom is 0.137 e. The highest BCUT2D eigenvalue weighted by Gasteiger charge is 2.03. The zero-order valence-electron chi connectivity index (χ0n) is 5.63. The van der Waals surface area contributed by atoms with Crippen LogP contribution in [-0.4, -0.2) is 6.54 Å². The number of benzene rings is 1. The van der Waals surface area contributed by atoms with Gasteiger partial charge in [0.25, 0.3) is 0 Å². The van der Waals surface area contributed by atoms with E-state index in [1.54, 1.807) is 24.3 Å². The number of hydrogen-bond acceptors (Lipinski definition) is 1. The van der Waals surface area contributed by atoms with Crippen LogP contribution in [-0.2, 0) is 0 Å². The molecule has 0 aromatic heterocycles. The molecule has 0 amide bonds. The highest BCUT2D eigenvalue weighted by atomic mass is 19.1. The summed E-state index contributed by atoms with van der Waals surface area (Å²) in [4.78, 5) is 0. The minimum atomic E-state index is -1.01. The molecule has 0 aliphatic carbocycles. The van der Waals surface area contributed by atoms with Crippen LogP contribution in [0.15, 0.2) is 30.3 Å². The second kappa shape index (κ2) is 3.32. The Labute approximate surface area is 59.7 Å². The first-order valence-electron chi connectivity index (χ1n) is 3.23. The van der Waals surface area contributed by atoms with Gasteiger partial charge < -0.3 is 5.73 Å². The van der Waals surface area contributed by atoms with E-state index in [9.17, 15) is 4.39 Å². The number of halogens is 1. The van der Waals surface area contributed by atoms with Crippen LogP contribution >= 0.6 is 0 Å². The van der Waals surface area contributed by atoms with Gasteiger partial charge in [0.05, 0.1) is 0 Å². The molecule has 1 unspecified atom stereocenters. The molecular weight excluding hydrogens is 129 g/mol. The molecule has 54 valence electrons. The summed E-state index contributed by atoms with van der Waals surface area (Å²) >= 11 is 0. The van der Waals surface area contributed by atoms with Crippen LogP contribution in [0.5, 0.6) is 0 Å². The van der Waals surface area contributed by atoms with Gasteiger partial charge in [0.1, 0.15) is 6.17 Å². The summed E-state index contributed by atoms with van der Waals surface area (Å²) in [5, 5.41) is 0. The summed E-state index contributed by atoms with van der Waals surface area (Å²) in [6.07, 6.45) is -1.01. The largest absolute Gasteiger partial charge is 0.327 e. The second-order valence-corrected chi connectivity index (χ2v) is 2.11. The van der Waals surface area contributed by atoms with Crippen molar-refractivity contribution in [3.05, 3.63) is 35.9 Å². The first-order valence-corrected chi connectivity index (χ1v) is 3.23. The van der Waals surface area contributed by atoms with Gasteiger partial charge in [0.2, 0.25) is 0 Å². The minimum absolute atomic E-state index is 0.0595. The van der Waals surface area contributed by atoms with E-state index in [1.165, 1.54) is 0 Å². The van der Waals surface area contributed by atoms with Crippen LogP contribution < -0.4 is 5.73 Å². The van der Waals surface area contributed by atoms with Gasteiger partial charge in [-0.3, -0.25) is 0 Å². The molecular formula is C8H10FN. The van der Waals surface area contributed by atoms with E-state index in [0.717, 1.165) is 0 Å². The van der Waals surface area contributed by atoms with Gasteiger partial charge in [-0.05, 0) is 5.56 Å². The summed E-state index contributed by atoms with van der Waals surface area (Å²) in [6, 6.07) is 8.93. The summed E-state index contributed by atoms with van der Waals surface area (Å²) in [6.45, 7) is 0.0595. The van der Waals surface area contributed by atoms with E-state index in [-0.39, 0.29) is 6.54 Å². The van der Waals surface area contributed by atoms with Crippen molar-refractivity contribution in [2.45, 2.75) is 6.17 Å². The SMILES string of the molecule is NCC(F)c1ccccc1. The maximum atomic E-state index is 12.7. The zero-order valence-corrected chi connectivity index (χ0v) is 5.63. The molecule has 2 heteroatoms. The maximum absolute atomic E-state index is 12.7. The monoisotopic (exact) mass is 139 g/mol. The zero-order chi connectivity index (χ0) is 7.40. The molecule has 1 atom stereocenters. The molecule has 2 N–H and O–H groups in total. The molecule has 0 aliphatic rings. The Hall–Kier alpha value is -0.890. The average molecular weight is 139 g/mol. The molecule has 0 radical (unpaired) electrons. The van der Waals surface area contributed by atoms with Crippen LogP contribution in [0, 0.1) is 0 Å². The molecule has 0 heterocycles. The van der Waals surface area contributed by atoms with E-state index >= 15 is 0 Å². The fraction of sp³-hybridized carbons (Fsp3) is 0.250. The van der Waals surface area contributed by atoms with Gasteiger partial charge in [-0.2, -0.15) is 0 Å². The molecule has 0 saturated heterocycles. The van der Waals surface area contributed by atoms with Crippen LogP contribution in [0.2, 0.25) is 0 Å². The second-order valence-electron chi connectivity index (χ2n) is 2.11. The molecule has 0 saturated carbocycles. The summed E-state index contributed by atoms with van der Waals surface area (Å²) in [7, 11) is 0. The Kier molecular flexibility index (Phi) is 2.40. The van der Waals surface area contributed by atoms with Crippen molar-refractivity contribution in [2.24, 2.45) is 5.73 Å². The highest BCUT2D eigenvalue weighted by molar-refractivity contribution is 5.17. The van der Waals surface area contributed by atoms with E-state index in [1.807, 2.05) is 6.07 Å². The van der Waals surface area contributed by atoms with E-state index in [2.05, 4.69) is 0 Å². The Balaban J connectivity index is 2.75. The van der Waals surface area contributed by atoms with Gasteiger partial charge in [-0.15, -0.1) is 0 Å². The van der Waals surface area contributed by atoms with Gasteiger partial charge >= 0.3 is 0 Å². The third-order valence-electron chi connectivity index (χ3n) is 1.37. The van der Waals surface area contributed by atoms with Crippen LogP contribution in [0.4, 0.5) is 4.39 Å². The van der Waals surface area contributed by atoms with Gasteiger partial charge in [0.15, 0.2) is 0 Å². The van der Waals surface area contributed by atoms with Gasteiger partial charge in [0, 0.05) is 6.54 Å². The molecule has 10 heavy (non-hydrogen) atoms.